The number of hydrogen-bond acceptors (Lipinski definition) is 4. The van der Waals surface area contributed by atoms with Gasteiger partial charge in [-0.15, -0.1) is 11.3 Å². The first-order chi connectivity index (χ1) is 29.8. The monoisotopic (exact) mass is 678 g/mol. The largest absolute Gasteiger partial charge is 0.208 e. The molecule has 0 bridgehead atoms. The van der Waals surface area contributed by atoms with E-state index in [1.54, 1.807) is 35.6 Å². The molecule has 0 saturated heterocycles. The Bertz CT molecular complexity index is 3540. The summed E-state index contributed by atoms with van der Waals surface area (Å²) in [6.07, 6.45) is 0. The van der Waals surface area contributed by atoms with Crippen LogP contribution in [0.1, 0.15) is 15.1 Å². The van der Waals surface area contributed by atoms with E-state index in [1.165, 1.54) is 0 Å². The minimum absolute atomic E-state index is 0.0231. The second kappa shape index (κ2) is 12.1. The molecule has 0 aliphatic heterocycles. The fraction of sp³-hybridized carbons (Fsp3) is 0. The van der Waals surface area contributed by atoms with E-state index in [9.17, 15) is 2.74 Å². The molecule has 238 valence electrons. The third-order valence-electron chi connectivity index (χ3n) is 8.90. The van der Waals surface area contributed by atoms with Crippen LogP contribution in [0.3, 0.4) is 0 Å². The minimum atomic E-state index is -0.669. The SMILES string of the molecule is [2H]c1c([2H])c([2H])c(-c2c([2H])c(-c3cccc(-c4nc(-c5ccc6sc7ccccc7c6c5)nc(-c5cccc6ccccc56)n4)c3)c3c([2H])c([2H])c([2H])c([2H])c3c2[2H])c([2H])c1[2H]. The van der Waals surface area contributed by atoms with E-state index >= 15 is 0 Å². The van der Waals surface area contributed by atoms with Gasteiger partial charge in [0.2, 0.25) is 0 Å². The Hall–Kier alpha value is -6.49. The van der Waals surface area contributed by atoms with Gasteiger partial charge in [-0.05, 0) is 86.2 Å². The van der Waals surface area contributed by atoms with Crippen molar-refractivity contribution in [1.29, 1.82) is 0 Å². The summed E-state index contributed by atoms with van der Waals surface area (Å²) in [7, 11) is 0. The molecule has 3 nitrogen and oxygen atoms in total. The fourth-order valence-corrected chi connectivity index (χ4v) is 7.59. The topological polar surface area (TPSA) is 38.7 Å². The van der Waals surface area contributed by atoms with Gasteiger partial charge in [0, 0.05) is 36.9 Å². The molecule has 0 aliphatic carbocycles. The van der Waals surface area contributed by atoms with Crippen LogP contribution in [0.25, 0.3) is 98.1 Å². The lowest BCUT2D eigenvalue weighted by molar-refractivity contribution is 1.08. The van der Waals surface area contributed by atoms with Gasteiger partial charge in [-0.3, -0.25) is 0 Å². The van der Waals surface area contributed by atoms with Gasteiger partial charge < -0.3 is 0 Å². The van der Waals surface area contributed by atoms with Crippen LogP contribution >= 0.6 is 11.3 Å². The van der Waals surface area contributed by atoms with Crippen LogP contribution in [0.4, 0.5) is 0 Å². The molecule has 0 unspecified atom stereocenters. The van der Waals surface area contributed by atoms with Gasteiger partial charge >= 0.3 is 0 Å². The highest BCUT2D eigenvalue weighted by atomic mass is 32.1. The molecule has 0 aliphatic rings. The molecule has 0 amide bonds. The van der Waals surface area contributed by atoms with Gasteiger partial charge in [-0.2, -0.15) is 0 Å². The molecule has 51 heavy (non-hydrogen) atoms. The standard InChI is InChI=1S/C47H29N3S/c1-2-12-30(13-3-1)36-27-32-15-5-7-20-38(32)41(29-36)33-17-10-18-34(26-33)45-48-46(35-24-25-44-42(28-35)39-21-8-9-23-43(39)51-44)50-47(49-45)40-22-11-16-31-14-4-6-19-37(31)40/h1-29H/i1D,2D,3D,5D,7D,12D,13D,15D,20D,27D,29D. The van der Waals surface area contributed by atoms with E-state index in [0.29, 0.717) is 17.2 Å². The maximum atomic E-state index is 9.63. The fourth-order valence-electron chi connectivity index (χ4n) is 6.51. The maximum absolute atomic E-state index is 9.63. The molecule has 0 N–H and O–H groups in total. The number of nitrogens with zero attached hydrogens (tertiary/aromatic N) is 3. The first kappa shape index (κ1) is 20.2. The summed E-state index contributed by atoms with van der Waals surface area (Å²) in [5.41, 5.74) is 1.48. The molecule has 2 heterocycles. The normalized spacial score (nSPS) is 14.5. The number of aromatic nitrogens is 3. The predicted octanol–water partition coefficient (Wildman–Crippen LogP) is 12.9. The van der Waals surface area contributed by atoms with Crippen LogP contribution in [0, 0.1) is 0 Å². The molecule has 10 rings (SSSR count). The lowest BCUT2D eigenvalue weighted by Crippen LogP contribution is -2.00. The predicted molar refractivity (Wildman–Crippen MR) is 215 cm³/mol. The highest BCUT2D eigenvalue weighted by Gasteiger charge is 2.17. The summed E-state index contributed by atoms with van der Waals surface area (Å²) in [5.74, 6) is 1.09. The molecule has 10 aromatic rings. The molecule has 0 spiro atoms. The molecule has 0 radical (unpaired) electrons. The van der Waals surface area contributed by atoms with Crippen LogP contribution in [0.15, 0.2) is 176 Å². The zero-order valence-electron chi connectivity index (χ0n) is 37.6. The molecular weight excluding hydrogens is 639 g/mol. The van der Waals surface area contributed by atoms with E-state index in [1.807, 2.05) is 60.7 Å². The van der Waals surface area contributed by atoms with Crippen LogP contribution in [0.5, 0.6) is 0 Å². The first-order valence-corrected chi connectivity index (χ1v) is 17.0. The molecular formula is C47H29N3S. The zero-order chi connectivity index (χ0) is 43.3. The molecule has 0 atom stereocenters. The van der Waals surface area contributed by atoms with Crippen molar-refractivity contribution in [2.45, 2.75) is 0 Å². The highest BCUT2D eigenvalue weighted by molar-refractivity contribution is 7.25. The third kappa shape index (κ3) is 5.25. The lowest BCUT2D eigenvalue weighted by Gasteiger charge is -2.13. The molecule has 0 fully saturated rings. The summed E-state index contributed by atoms with van der Waals surface area (Å²) in [6, 6.07) is 28.4. The number of hydrogen-bond donors (Lipinski definition) is 0. The van der Waals surface area contributed by atoms with E-state index in [4.69, 9.17) is 27.3 Å². The van der Waals surface area contributed by atoms with Gasteiger partial charge in [0.15, 0.2) is 17.5 Å². The second-order valence-corrected chi connectivity index (χ2v) is 13.1. The van der Waals surface area contributed by atoms with E-state index in [-0.39, 0.29) is 33.3 Å². The Labute approximate surface area is 314 Å². The molecule has 0 saturated carbocycles. The van der Waals surface area contributed by atoms with Gasteiger partial charge in [-0.1, -0.05) is 133 Å². The number of thiophene rings is 1. The zero-order valence-corrected chi connectivity index (χ0v) is 27.5. The number of rotatable bonds is 5. The summed E-state index contributed by atoms with van der Waals surface area (Å²) < 4.78 is 98.6. The Morgan fingerprint density at radius 1 is 0.392 bits per heavy atom. The quantitative estimate of drug-likeness (QED) is 0.182. The first-order valence-electron chi connectivity index (χ1n) is 21.7. The van der Waals surface area contributed by atoms with Crippen molar-refractivity contribution in [3.63, 3.8) is 0 Å². The highest BCUT2D eigenvalue weighted by Crippen LogP contribution is 2.38. The van der Waals surface area contributed by atoms with Crippen molar-refractivity contribution in [3.05, 3.63) is 176 Å². The summed E-state index contributed by atoms with van der Waals surface area (Å²) in [4.78, 5) is 15.1. The minimum Gasteiger partial charge on any atom is -0.208 e. The number of benzene rings is 8. The van der Waals surface area contributed by atoms with Crippen LogP contribution in [-0.4, -0.2) is 15.0 Å². The van der Waals surface area contributed by atoms with Gasteiger partial charge in [0.1, 0.15) is 0 Å². The van der Waals surface area contributed by atoms with Crippen LogP contribution in [-0.2, 0) is 0 Å². The Balaban J connectivity index is 1.25. The van der Waals surface area contributed by atoms with Crippen molar-refractivity contribution in [1.82, 2.24) is 15.0 Å². The Kier molecular flexibility index (Phi) is 4.82. The van der Waals surface area contributed by atoms with E-state index in [0.717, 1.165) is 42.1 Å². The van der Waals surface area contributed by atoms with Crippen molar-refractivity contribution in [2.75, 3.05) is 0 Å². The Morgan fingerprint density at radius 3 is 1.98 bits per heavy atom. The van der Waals surface area contributed by atoms with Crippen molar-refractivity contribution in [3.8, 4) is 56.4 Å². The summed E-state index contributed by atoms with van der Waals surface area (Å²) in [5, 5.41) is 3.72. The van der Waals surface area contributed by atoms with Crippen LogP contribution in [0.2, 0.25) is 0 Å². The lowest BCUT2D eigenvalue weighted by atomic mass is 9.92. The smallest absolute Gasteiger partial charge is 0.164 e. The summed E-state index contributed by atoms with van der Waals surface area (Å²) >= 11 is 1.70. The molecule has 8 aromatic carbocycles. The number of fused-ring (bicyclic) bond motifs is 5. The average molecular weight is 679 g/mol. The maximum Gasteiger partial charge on any atom is 0.164 e. The van der Waals surface area contributed by atoms with Crippen molar-refractivity contribution < 1.29 is 15.1 Å². The van der Waals surface area contributed by atoms with E-state index < -0.39 is 72.0 Å². The average Bonchev–Trinajstić information content (AvgIpc) is 3.67. The van der Waals surface area contributed by atoms with Crippen LogP contribution < -0.4 is 0 Å². The van der Waals surface area contributed by atoms with Crippen molar-refractivity contribution >= 4 is 53.1 Å². The van der Waals surface area contributed by atoms with Gasteiger partial charge in [-0.25, -0.2) is 15.0 Å². The van der Waals surface area contributed by atoms with E-state index in [2.05, 4.69) is 24.3 Å². The Morgan fingerprint density at radius 2 is 1.08 bits per heavy atom. The van der Waals surface area contributed by atoms with Gasteiger partial charge in [0.25, 0.3) is 0 Å². The summed E-state index contributed by atoms with van der Waals surface area (Å²) in [6.45, 7) is 0. The molecule has 4 heteroatoms. The second-order valence-electron chi connectivity index (χ2n) is 12.0. The van der Waals surface area contributed by atoms with Crippen molar-refractivity contribution in [2.24, 2.45) is 0 Å². The van der Waals surface area contributed by atoms with Gasteiger partial charge in [0.05, 0.1) is 15.1 Å². The molecule has 2 aromatic heterocycles. The third-order valence-corrected chi connectivity index (χ3v) is 10.0.